The monoisotopic (exact) mass is 373 g/mol. The summed E-state index contributed by atoms with van der Waals surface area (Å²) in [5.41, 5.74) is 0.994. The summed E-state index contributed by atoms with van der Waals surface area (Å²) in [6.45, 7) is -1.16. The summed E-state index contributed by atoms with van der Waals surface area (Å²) in [7, 11) is 1.44. The molecule has 2 rings (SSSR count). The largest absolute Gasteiger partial charge is 0.496 e. The van der Waals surface area contributed by atoms with Gasteiger partial charge in [0.2, 0.25) is 0 Å². The Bertz CT molecular complexity index is 733. The third-order valence-corrected chi connectivity index (χ3v) is 3.42. The molecule has 0 spiro atoms. The maximum atomic E-state index is 12.2. The summed E-state index contributed by atoms with van der Waals surface area (Å²) in [6, 6.07) is 10.6. The van der Waals surface area contributed by atoms with Crippen molar-refractivity contribution >= 4 is 17.5 Å². The zero-order valence-electron chi connectivity index (χ0n) is 13.2. The second-order valence-corrected chi connectivity index (χ2v) is 5.51. The van der Waals surface area contributed by atoms with E-state index in [-0.39, 0.29) is 18.2 Å². The molecule has 4 nitrogen and oxygen atoms in total. The highest BCUT2D eigenvalue weighted by atomic mass is 35.5. The molecule has 25 heavy (non-hydrogen) atoms. The van der Waals surface area contributed by atoms with Crippen molar-refractivity contribution in [2.75, 3.05) is 13.7 Å². The van der Waals surface area contributed by atoms with E-state index in [1.165, 1.54) is 25.3 Å². The Labute approximate surface area is 147 Å². The number of ether oxygens (including phenoxy) is 2. The van der Waals surface area contributed by atoms with Crippen molar-refractivity contribution in [1.29, 1.82) is 0 Å². The van der Waals surface area contributed by atoms with Crippen molar-refractivity contribution in [3.05, 3.63) is 58.6 Å². The minimum Gasteiger partial charge on any atom is -0.496 e. The van der Waals surface area contributed by atoms with Gasteiger partial charge in [-0.25, -0.2) is 0 Å². The Morgan fingerprint density at radius 2 is 1.84 bits per heavy atom. The summed E-state index contributed by atoms with van der Waals surface area (Å²) in [5, 5.41) is 3.09. The predicted molar refractivity (Wildman–Crippen MR) is 87.2 cm³/mol. The highest BCUT2D eigenvalue weighted by Crippen LogP contribution is 2.23. The van der Waals surface area contributed by atoms with Crippen molar-refractivity contribution in [3.63, 3.8) is 0 Å². The molecule has 0 heterocycles. The van der Waals surface area contributed by atoms with E-state index in [1.807, 2.05) is 0 Å². The van der Waals surface area contributed by atoms with Gasteiger partial charge in [0.25, 0.3) is 5.91 Å². The first kappa shape index (κ1) is 18.9. The number of halogens is 4. The molecule has 1 amide bonds. The molecular weight excluding hydrogens is 359 g/mol. The molecule has 8 heteroatoms. The fourth-order valence-electron chi connectivity index (χ4n) is 2.00. The van der Waals surface area contributed by atoms with Gasteiger partial charge in [-0.2, -0.15) is 13.2 Å². The van der Waals surface area contributed by atoms with Gasteiger partial charge in [-0.3, -0.25) is 4.79 Å². The lowest BCUT2D eigenvalue weighted by atomic mass is 10.1. The van der Waals surface area contributed by atoms with Gasteiger partial charge in [0, 0.05) is 11.6 Å². The van der Waals surface area contributed by atoms with Gasteiger partial charge >= 0.3 is 6.18 Å². The van der Waals surface area contributed by atoms with E-state index in [0.717, 1.165) is 0 Å². The van der Waals surface area contributed by atoms with Crippen molar-refractivity contribution < 1.29 is 27.4 Å². The van der Waals surface area contributed by atoms with Crippen LogP contribution >= 0.6 is 11.6 Å². The van der Waals surface area contributed by atoms with Crippen LogP contribution in [-0.2, 0) is 6.54 Å². The van der Waals surface area contributed by atoms with E-state index in [1.54, 1.807) is 24.3 Å². The van der Waals surface area contributed by atoms with E-state index >= 15 is 0 Å². The lowest BCUT2D eigenvalue weighted by Gasteiger charge is -2.11. The third kappa shape index (κ3) is 5.86. The molecule has 0 aliphatic heterocycles. The second-order valence-electron chi connectivity index (χ2n) is 5.08. The maximum absolute atomic E-state index is 12.2. The number of amides is 1. The molecule has 0 saturated heterocycles. The summed E-state index contributed by atoms with van der Waals surface area (Å²) in [6.07, 6.45) is -4.39. The van der Waals surface area contributed by atoms with Gasteiger partial charge in [-0.05, 0) is 35.9 Å². The normalized spacial score (nSPS) is 11.1. The average Bonchev–Trinajstić information content (AvgIpc) is 2.58. The number of alkyl halides is 3. The molecule has 1 N–H and O–H groups in total. The fraction of sp³-hybridized carbons (Fsp3) is 0.235. The van der Waals surface area contributed by atoms with E-state index in [4.69, 9.17) is 16.3 Å². The predicted octanol–water partition coefficient (Wildman–Crippen LogP) is 4.22. The molecule has 0 saturated carbocycles. The Balaban J connectivity index is 1.95. The van der Waals surface area contributed by atoms with Crippen LogP contribution in [0.15, 0.2) is 42.5 Å². The quantitative estimate of drug-likeness (QED) is 0.824. The van der Waals surface area contributed by atoms with Crippen molar-refractivity contribution in [2.45, 2.75) is 12.7 Å². The maximum Gasteiger partial charge on any atom is 0.422 e. The van der Waals surface area contributed by atoms with Gasteiger partial charge in [0.1, 0.15) is 11.5 Å². The second kappa shape index (κ2) is 8.11. The van der Waals surface area contributed by atoms with Gasteiger partial charge in [0.15, 0.2) is 6.61 Å². The number of carbonyl (C=O) groups is 1. The van der Waals surface area contributed by atoms with E-state index in [2.05, 4.69) is 10.1 Å². The van der Waals surface area contributed by atoms with Crippen LogP contribution in [0.2, 0.25) is 5.02 Å². The van der Waals surface area contributed by atoms with Crippen LogP contribution < -0.4 is 14.8 Å². The van der Waals surface area contributed by atoms with Crippen molar-refractivity contribution in [2.24, 2.45) is 0 Å². The Morgan fingerprint density at radius 1 is 1.16 bits per heavy atom. The molecule has 134 valence electrons. The third-order valence-electron chi connectivity index (χ3n) is 3.19. The highest BCUT2D eigenvalue weighted by molar-refractivity contribution is 6.31. The molecule has 0 aromatic heterocycles. The van der Waals surface area contributed by atoms with E-state index in [9.17, 15) is 18.0 Å². The first-order valence-electron chi connectivity index (χ1n) is 7.19. The molecule has 0 fully saturated rings. The van der Waals surface area contributed by atoms with Crippen molar-refractivity contribution in [1.82, 2.24) is 5.32 Å². The minimum absolute atomic E-state index is 0.101. The molecule has 0 aliphatic carbocycles. The number of benzene rings is 2. The SMILES string of the molecule is COc1ccc(Cl)cc1C(=O)NCc1ccc(OCC(F)(F)F)cc1. The van der Waals surface area contributed by atoms with Crippen LogP contribution in [0.4, 0.5) is 13.2 Å². The van der Waals surface area contributed by atoms with E-state index < -0.39 is 12.8 Å². The summed E-state index contributed by atoms with van der Waals surface area (Å²) in [5.74, 6) is 0.110. The van der Waals surface area contributed by atoms with Gasteiger partial charge in [-0.1, -0.05) is 23.7 Å². The molecule has 0 aliphatic rings. The van der Waals surface area contributed by atoms with Crippen molar-refractivity contribution in [3.8, 4) is 11.5 Å². The standard InChI is InChI=1S/C17H15ClF3NO3/c1-24-15-7-4-12(18)8-14(15)16(23)22-9-11-2-5-13(6-3-11)25-10-17(19,20)21/h2-8H,9-10H2,1H3,(H,22,23). The molecular formula is C17H15ClF3NO3. The molecule has 2 aromatic carbocycles. The van der Waals surface area contributed by atoms with Gasteiger partial charge in [0.05, 0.1) is 12.7 Å². The fourth-order valence-corrected chi connectivity index (χ4v) is 2.18. The summed E-state index contributed by atoms with van der Waals surface area (Å²) >= 11 is 5.88. The lowest BCUT2D eigenvalue weighted by molar-refractivity contribution is -0.153. The number of methoxy groups -OCH3 is 1. The molecule has 2 aromatic rings. The Morgan fingerprint density at radius 3 is 2.44 bits per heavy atom. The zero-order chi connectivity index (χ0) is 18.4. The molecule has 0 atom stereocenters. The van der Waals surface area contributed by atoms with Crippen LogP contribution in [0.1, 0.15) is 15.9 Å². The Hall–Kier alpha value is -2.41. The van der Waals surface area contributed by atoms with Crippen LogP contribution in [0, 0.1) is 0 Å². The van der Waals surface area contributed by atoms with Crippen LogP contribution in [0.25, 0.3) is 0 Å². The minimum atomic E-state index is -4.39. The molecule has 0 radical (unpaired) electrons. The Kier molecular flexibility index (Phi) is 6.14. The first-order valence-corrected chi connectivity index (χ1v) is 7.56. The number of hydrogen-bond acceptors (Lipinski definition) is 3. The number of rotatable bonds is 6. The smallest absolute Gasteiger partial charge is 0.422 e. The average molecular weight is 374 g/mol. The van der Waals surface area contributed by atoms with Crippen LogP contribution in [0.5, 0.6) is 11.5 Å². The lowest BCUT2D eigenvalue weighted by Crippen LogP contribution is -2.23. The topological polar surface area (TPSA) is 47.6 Å². The van der Waals surface area contributed by atoms with Gasteiger partial charge < -0.3 is 14.8 Å². The highest BCUT2D eigenvalue weighted by Gasteiger charge is 2.28. The van der Waals surface area contributed by atoms with Crippen LogP contribution in [-0.4, -0.2) is 25.8 Å². The first-order chi connectivity index (χ1) is 11.8. The summed E-state index contributed by atoms with van der Waals surface area (Å²) in [4.78, 5) is 12.2. The van der Waals surface area contributed by atoms with Gasteiger partial charge in [-0.15, -0.1) is 0 Å². The number of hydrogen-bond donors (Lipinski definition) is 1. The van der Waals surface area contributed by atoms with E-state index in [0.29, 0.717) is 21.9 Å². The van der Waals surface area contributed by atoms with Crippen LogP contribution in [0.3, 0.4) is 0 Å². The zero-order valence-corrected chi connectivity index (χ0v) is 13.9. The number of carbonyl (C=O) groups excluding carboxylic acids is 1. The number of nitrogens with one attached hydrogen (secondary N) is 1. The molecule has 0 bridgehead atoms. The molecule has 0 unspecified atom stereocenters. The summed E-state index contributed by atoms with van der Waals surface area (Å²) < 4.78 is 46.0.